The molecule has 0 amide bonds. The predicted molar refractivity (Wildman–Crippen MR) is 164 cm³/mol. The molecular formula is C33H50N2O8+2. The first-order valence-corrected chi connectivity index (χ1v) is 14.8. The molecule has 1 aliphatic rings. The minimum atomic E-state index is -0.381. The Bertz CT molecular complexity index is 1240. The molecule has 10 nitrogen and oxygen atoms in total. The van der Waals surface area contributed by atoms with Crippen LogP contribution in [0.25, 0.3) is 0 Å². The van der Waals surface area contributed by atoms with Crippen LogP contribution in [0.3, 0.4) is 0 Å². The Balaban J connectivity index is 1.68. The van der Waals surface area contributed by atoms with E-state index in [0.29, 0.717) is 47.9 Å². The number of fused-ring (bicyclic) bond motifs is 1. The Morgan fingerprint density at radius 1 is 0.814 bits per heavy atom. The minimum Gasteiger partial charge on any atom is -0.493 e. The van der Waals surface area contributed by atoms with Gasteiger partial charge in [0.05, 0.1) is 89.2 Å². The first kappa shape index (κ1) is 34.0. The molecule has 2 aromatic carbocycles. The Morgan fingerprint density at radius 3 is 2.00 bits per heavy atom. The lowest BCUT2D eigenvalue weighted by Crippen LogP contribution is -2.52. The van der Waals surface area contributed by atoms with Gasteiger partial charge in [-0.2, -0.15) is 0 Å². The molecule has 0 saturated carbocycles. The van der Waals surface area contributed by atoms with E-state index < -0.39 is 0 Å². The molecule has 10 heteroatoms. The van der Waals surface area contributed by atoms with E-state index in [4.69, 9.17) is 28.4 Å². The lowest BCUT2D eigenvalue weighted by atomic mass is 9.86. The van der Waals surface area contributed by atoms with E-state index in [1.54, 1.807) is 28.4 Å². The third-order valence-corrected chi connectivity index (χ3v) is 8.16. The molecular weight excluding hydrogens is 552 g/mol. The average Bonchev–Trinajstić information content (AvgIpc) is 2.98. The van der Waals surface area contributed by atoms with Gasteiger partial charge in [-0.05, 0) is 35.4 Å². The molecule has 238 valence electrons. The predicted octanol–water partition coefficient (Wildman–Crippen LogP) is 3.97. The number of carbonyl (C=O) groups excluding carboxylic acids is 2. The molecule has 3 rings (SSSR count). The normalized spacial score (nSPS) is 17.9. The summed E-state index contributed by atoms with van der Waals surface area (Å²) in [4.78, 5) is 24.3. The van der Waals surface area contributed by atoms with Gasteiger partial charge in [0, 0.05) is 24.8 Å². The fourth-order valence-electron chi connectivity index (χ4n) is 5.55. The van der Waals surface area contributed by atoms with Crippen molar-refractivity contribution in [2.75, 3.05) is 89.5 Å². The maximum Gasteiger partial charge on any atom is 0.306 e. The maximum atomic E-state index is 12.3. The van der Waals surface area contributed by atoms with Crippen LogP contribution in [0.1, 0.15) is 42.0 Å². The summed E-state index contributed by atoms with van der Waals surface area (Å²) in [5.74, 6) is 2.07. The highest BCUT2D eigenvalue weighted by Crippen LogP contribution is 2.43. The summed E-state index contributed by atoms with van der Waals surface area (Å²) in [6.45, 7) is 3.08. The zero-order valence-corrected chi connectivity index (χ0v) is 27.2. The zero-order chi connectivity index (χ0) is 31.6. The standard InChI is InChI=1S/C33H50N2O8/c1-34(2,3)17-19-43-33(37)13-12-32(36)42-18-9-15-35(4)16-14-25-22-30(40-7)31(41-8)23-26(25)27(35)20-24-10-11-28(38-5)29(21-24)39-6/h10-11,21-23,27H,9,12-20H2,1-8H3/q+2. The summed E-state index contributed by atoms with van der Waals surface area (Å²) in [6, 6.07) is 10.4. The highest BCUT2D eigenvalue weighted by Gasteiger charge is 2.40. The van der Waals surface area contributed by atoms with E-state index in [2.05, 4.69) is 25.2 Å². The molecule has 1 heterocycles. The van der Waals surface area contributed by atoms with Gasteiger partial charge in [0.2, 0.25) is 0 Å². The van der Waals surface area contributed by atoms with Gasteiger partial charge >= 0.3 is 11.9 Å². The molecule has 2 unspecified atom stereocenters. The topological polar surface area (TPSA) is 89.5 Å². The van der Waals surface area contributed by atoms with Crippen molar-refractivity contribution in [3.63, 3.8) is 0 Å². The third-order valence-electron chi connectivity index (χ3n) is 8.16. The Kier molecular flexibility index (Phi) is 12.1. The van der Waals surface area contributed by atoms with Gasteiger partial charge in [0.25, 0.3) is 0 Å². The second kappa shape index (κ2) is 15.3. The molecule has 0 aromatic heterocycles. The van der Waals surface area contributed by atoms with Crippen molar-refractivity contribution in [2.45, 2.75) is 38.1 Å². The quantitative estimate of drug-likeness (QED) is 0.162. The minimum absolute atomic E-state index is 0.0201. The number of hydrogen-bond acceptors (Lipinski definition) is 8. The number of rotatable bonds is 16. The van der Waals surface area contributed by atoms with Crippen molar-refractivity contribution in [1.82, 2.24) is 0 Å². The lowest BCUT2D eigenvalue weighted by Gasteiger charge is -2.46. The molecule has 0 spiro atoms. The number of quaternary nitrogens is 2. The van der Waals surface area contributed by atoms with Crippen molar-refractivity contribution in [2.24, 2.45) is 0 Å². The molecule has 0 aliphatic carbocycles. The van der Waals surface area contributed by atoms with Gasteiger partial charge in [-0.25, -0.2) is 0 Å². The van der Waals surface area contributed by atoms with Crippen LogP contribution in [0.15, 0.2) is 30.3 Å². The van der Waals surface area contributed by atoms with E-state index in [1.807, 2.05) is 33.3 Å². The summed E-state index contributed by atoms with van der Waals surface area (Å²) < 4.78 is 34.5. The van der Waals surface area contributed by atoms with E-state index in [0.717, 1.165) is 41.7 Å². The number of nitrogens with zero attached hydrogens (tertiary/aromatic N) is 2. The van der Waals surface area contributed by atoms with Gasteiger partial charge in [-0.1, -0.05) is 6.07 Å². The van der Waals surface area contributed by atoms with E-state index in [9.17, 15) is 9.59 Å². The van der Waals surface area contributed by atoms with Crippen LogP contribution in [0.5, 0.6) is 23.0 Å². The molecule has 0 saturated heterocycles. The van der Waals surface area contributed by atoms with Crippen LogP contribution in [0, 0.1) is 0 Å². The molecule has 43 heavy (non-hydrogen) atoms. The van der Waals surface area contributed by atoms with Crippen molar-refractivity contribution in [3.8, 4) is 23.0 Å². The van der Waals surface area contributed by atoms with Crippen LogP contribution in [0.4, 0.5) is 0 Å². The summed E-state index contributed by atoms with van der Waals surface area (Å²) in [7, 11) is 14.9. The summed E-state index contributed by atoms with van der Waals surface area (Å²) in [5.41, 5.74) is 3.61. The SMILES string of the molecule is COc1ccc(CC2c3cc(OC)c(OC)cc3CC[N+]2(C)CCCOC(=O)CCC(=O)OCC[N+](C)(C)C)cc1OC. The third kappa shape index (κ3) is 9.49. The van der Waals surface area contributed by atoms with Crippen LogP contribution in [-0.4, -0.2) is 110 Å². The van der Waals surface area contributed by atoms with Gasteiger partial charge in [0.1, 0.15) is 19.2 Å². The van der Waals surface area contributed by atoms with Crippen LogP contribution in [0.2, 0.25) is 0 Å². The van der Waals surface area contributed by atoms with Crippen molar-refractivity contribution in [3.05, 3.63) is 47.0 Å². The largest absolute Gasteiger partial charge is 0.493 e. The van der Waals surface area contributed by atoms with Crippen molar-refractivity contribution < 1.29 is 47.0 Å². The van der Waals surface area contributed by atoms with E-state index >= 15 is 0 Å². The number of methoxy groups -OCH3 is 4. The van der Waals surface area contributed by atoms with Gasteiger partial charge in [-0.15, -0.1) is 0 Å². The van der Waals surface area contributed by atoms with Crippen molar-refractivity contribution >= 4 is 11.9 Å². The Hall–Kier alpha value is -3.50. The highest BCUT2D eigenvalue weighted by atomic mass is 16.5. The second-order valence-electron chi connectivity index (χ2n) is 12.3. The van der Waals surface area contributed by atoms with E-state index in [1.165, 1.54) is 11.1 Å². The van der Waals surface area contributed by atoms with Gasteiger partial charge in [0.15, 0.2) is 23.0 Å². The van der Waals surface area contributed by atoms with Gasteiger partial charge in [-0.3, -0.25) is 9.59 Å². The van der Waals surface area contributed by atoms with Crippen LogP contribution in [-0.2, 0) is 31.9 Å². The fraction of sp³-hybridized carbons (Fsp3) is 0.576. The molecule has 0 fully saturated rings. The Labute approximate surface area is 256 Å². The van der Waals surface area contributed by atoms with E-state index in [-0.39, 0.29) is 30.8 Å². The first-order valence-electron chi connectivity index (χ1n) is 14.8. The average molecular weight is 603 g/mol. The van der Waals surface area contributed by atoms with Crippen LogP contribution < -0.4 is 18.9 Å². The molecule has 2 aromatic rings. The molecule has 0 N–H and O–H groups in total. The number of carbonyl (C=O) groups is 2. The molecule has 2 atom stereocenters. The molecule has 0 radical (unpaired) electrons. The lowest BCUT2D eigenvalue weighted by molar-refractivity contribution is -0.941. The smallest absolute Gasteiger partial charge is 0.306 e. The van der Waals surface area contributed by atoms with Crippen molar-refractivity contribution in [1.29, 1.82) is 0 Å². The summed E-state index contributed by atoms with van der Waals surface area (Å²) >= 11 is 0. The summed E-state index contributed by atoms with van der Waals surface area (Å²) in [6.07, 6.45) is 2.41. The van der Waals surface area contributed by atoms with Crippen LogP contribution >= 0.6 is 0 Å². The Morgan fingerprint density at radius 2 is 1.40 bits per heavy atom. The molecule has 0 bridgehead atoms. The first-order chi connectivity index (χ1) is 20.4. The fourth-order valence-corrected chi connectivity index (χ4v) is 5.55. The zero-order valence-electron chi connectivity index (χ0n) is 27.2. The maximum absolute atomic E-state index is 12.3. The second-order valence-corrected chi connectivity index (χ2v) is 12.3. The van der Waals surface area contributed by atoms with Gasteiger partial charge < -0.3 is 37.4 Å². The summed E-state index contributed by atoms with van der Waals surface area (Å²) in [5, 5.41) is 0. The monoisotopic (exact) mass is 602 g/mol. The number of benzene rings is 2. The number of ether oxygens (including phenoxy) is 6. The highest BCUT2D eigenvalue weighted by molar-refractivity contribution is 5.77. The number of likely N-dealkylation sites (N-methyl/N-ethyl adjacent to an activating group) is 2. The number of hydrogen-bond donors (Lipinski definition) is 0. The number of esters is 2. The molecule has 1 aliphatic heterocycles.